The quantitative estimate of drug-likeness (QED) is 0.664. The number of amides is 1. The number of nitrogens with zero attached hydrogens (tertiary/aromatic N) is 3. The van der Waals surface area contributed by atoms with Crippen LogP contribution in [0.4, 0.5) is 5.69 Å². The Labute approximate surface area is 174 Å². The third-order valence-corrected chi connectivity index (χ3v) is 5.31. The zero-order chi connectivity index (χ0) is 20.2. The van der Waals surface area contributed by atoms with Crippen molar-refractivity contribution >= 4 is 23.2 Å². The lowest BCUT2D eigenvalue weighted by molar-refractivity contribution is -0.118. The summed E-state index contributed by atoms with van der Waals surface area (Å²) in [6.45, 7) is 2.82. The number of fused-ring (bicyclic) bond motifs is 1. The normalized spacial score (nSPS) is 13.4. The highest BCUT2D eigenvalue weighted by Crippen LogP contribution is 2.27. The number of hydrogen-bond donors (Lipinski definition) is 1. The van der Waals surface area contributed by atoms with Crippen molar-refractivity contribution in [2.45, 2.75) is 39.2 Å². The molecule has 1 amide bonds. The van der Waals surface area contributed by atoms with Crippen LogP contribution in [0.3, 0.4) is 0 Å². The Bertz CT molecular complexity index is 1010. The molecule has 29 heavy (non-hydrogen) atoms. The first kappa shape index (κ1) is 19.5. The van der Waals surface area contributed by atoms with Crippen LogP contribution < -0.4 is 10.1 Å². The number of hydrogen-bond acceptors (Lipinski definition) is 4. The number of halogens is 1. The molecule has 2 heterocycles. The van der Waals surface area contributed by atoms with Gasteiger partial charge in [0.15, 0.2) is 12.4 Å². The molecule has 0 unspecified atom stereocenters. The first-order valence-electron chi connectivity index (χ1n) is 9.81. The summed E-state index contributed by atoms with van der Waals surface area (Å²) in [6.07, 6.45) is 4.46. The second-order valence-electron chi connectivity index (χ2n) is 7.22. The van der Waals surface area contributed by atoms with Gasteiger partial charge < -0.3 is 14.6 Å². The van der Waals surface area contributed by atoms with E-state index >= 15 is 0 Å². The van der Waals surface area contributed by atoms with Crippen LogP contribution in [0.2, 0.25) is 5.02 Å². The molecule has 1 aliphatic rings. The highest BCUT2D eigenvalue weighted by Gasteiger charge is 2.17. The van der Waals surface area contributed by atoms with Gasteiger partial charge in [-0.25, -0.2) is 0 Å². The Morgan fingerprint density at radius 3 is 2.79 bits per heavy atom. The number of aryl methyl sites for hydroxylation is 2. The van der Waals surface area contributed by atoms with Gasteiger partial charge in [0, 0.05) is 29.2 Å². The van der Waals surface area contributed by atoms with Crippen molar-refractivity contribution in [2.24, 2.45) is 0 Å². The predicted molar refractivity (Wildman–Crippen MR) is 113 cm³/mol. The molecule has 0 fully saturated rings. The van der Waals surface area contributed by atoms with Crippen LogP contribution in [0.15, 0.2) is 42.5 Å². The van der Waals surface area contributed by atoms with Gasteiger partial charge in [0.2, 0.25) is 0 Å². The number of carbonyl (C=O) groups excluding carboxylic acids is 1. The summed E-state index contributed by atoms with van der Waals surface area (Å²) in [7, 11) is 0. The molecule has 1 aliphatic heterocycles. The summed E-state index contributed by atoms with van der Waals surface area (Å²) < 4.78 is 7.73. The molecule has 0 saturated carbocycles. The number of carbonyl (C=O) groups is 1. The van der Waals surface area contributed by atoms with Gasteiger partial charge in [0.05, 0.1) is 0 Å². The maximum Gasteiger partial charge on any atom is 0.262 e. The zero-order valence-electron chi connectivity index (χ0n) is 16.3. The van der Waals surface area contributed by atoms with Crippen LogP contribution in [0.25, 0.3) is 11.4 Å². The van der Waals surface area contributed by atoms with E-state index in [0.29, 0.717) is 10.8 Å². The number of nitrogens with one attached hydrogen (secondary N) is 1. The van der Waals surface area contributed by atoms with E-state index in [1.54, 1.807) is 24.3 Å². The molecule has 0 aliphatic carbocycles. The number of anilines is 1. The molecule has 1 aromatic heterocycles. The number of rotatable bonds is 5. The van der Waals surface area contributed by atoms with Gasteiger partial charge in [0.25, 0.3) is 5.91 Å². The van der Waals surface area contributed by atoms with Crippen molar-refractivity contribution in [3.05, 3.63) is 58.9 Å². The number of benzene rings is 2. The van der Waals surface area contributed by atoms with Crippen LogP contribution in [0, 0.1) is 6.92 Å². The average Bonchev–Trinajstić information content (AvgIpc) is 2.97. The van der Waals surface area contributed by atoms with E-state index in [9.17, 15) is 4.79 Å². The lowest BCUT2D eigenvalue weighted by Crippen LogP contribution is -2.20. The van der Waals surface area contributed by atoms with Crippen molar-refractivity contribution in [1.29, 1.82) is 0 Å². The lowest BCUT2D eigenvalue weighted by atomic mass is 10.1. The second-order valence-corrected chi connectivity index (χ2v) is 7.66. The zero-order valence-corrected chi connectivity index (χ0v) is 17.1. The van der Waals surface area contributed by atoms with E-state index in [2.05, 4.69) is 20.1 Å². The fourth-order valence-electron chi connectivity index (χ4n) is 3.46. The predicted octanol–water partition coefficient (Wildman–Crippen LogP) is 4.65. The average molecular weight is 411 g/mol. The van der Waals surface area contributed by atoms with Crippen molar-refractivity contribution < 1.29 is 9.53 Å². The molecule has 150 valence electrons. The highest BCUT2D eigenvalue weighted by molar-refractivity contribution is 6.30. The minimum atomic E-state index is -0.222. The van der Waals surface area contributed by atoms with Crippen LogP contribution >= 0.6 is 11.6 Å². The van der Waals surface area contributed by atoms with E-state index in [1.165, 1.54) is 6.42 Å². The Balaban J connectivity index is 1.48. The van der Waals surface area contributed by atoms with Crippen LogP contribution in [0.5, 0.6) is 5.75 Å². The van der Waals surface area contributed by atoms with E-state index < -0.39 is 0 Å². The van der Waals surface area contributed by atoms with Gasteiger partial charge in [-0.05, 0) is 55.7 Å². The first-order valence-corrected chi connectivity index (χ1v) is 10.2. The Hall–Kier alpha value is -2.86. The maximum atomic E-state index is 12.4. The van der Waals surface area contributed by atoms with Crippen LogP contribution in [-0.4, -0.2) is 27.3 Å². The molecule has 7 heteroatoms. The van der Waals surface area contributed by atoms with E-state index in [0.717, 1.165) is 54.3 Å². The first-order chi connectivity index (χ1) is 14.1. The third kappa shape index (κ3) is 4.59. The van der Waals surface area contributed by atoms with Gasteiger partial charge in [-0.3, -0.25) is 4.79 Å². The molecular weight excluding hydrogens is 388 g/mol. The highest BCUT2D eigenvalue weighted by atomic mass is 35.5. The standard InChI is InChI=1S/C22H23ClN4O2/c1-15-6-7-16(22-26-25-20-5-3-2-4-12-27(20)22)13-19(15)24-21(28)14-29-18-10-8-17(23)9-11-18/h6-11,13H,2-5,12,14H2,1H3,(H,24,28). The molecule has 2 aromatic carbocycles. The molecular formula is C22H23ClN4O2. The maximum absolute atomic E-state index is 12.4. The Kier molecular flexibility index (Phi) is 5.81. The largest absolute Gasteiger partial charge is 0.484 e. The molecule has 0 radical (unpaired) electrons. The van der Waals surface area contributed by atoms with Crippen LogP contribution in [-0.2, 0) is 17.8 Å². The summed E-state index contributed by atoms with van der Waals surface area (Å²) in [5.74, 6) is 2.27. The SMILES string of the molecule is Cc1ccc(-c2nnc3n2CCCCC3)cc1NC(=O)COc1ccc(Cl)cc1. The Morgan fingerprint density at radius 2 is 1.97 bits per heavy atom. The van der Waals surface area contributed by atoms with E-state index in [1.807, 2.05) is 25.1 Å². The number of aromatic nitrogens is 3. The summed E-state index contributed by atoms with van der Waals surface area (Å²) in [6, 6.07) is 12.9. The van der Waals surface area contributed by atoms with Gasteiger partial charge >= 0.3 is 0 Å². The van der Waals surface area contributed by atoms with Crippen LogP contribution in [0.1, 0.15) is 30.7 Å². The molecule has 0 bridgehead atoms. The van der Waals surface area contributed by atoms with Crippen molar-refractivity contribution in [2.75, 3.05) is 11.9 Å². The second kappa shape index (κ2) is 8.66. The van der Waals surface area contributed by atoms with Crippen molar-refractivity contribution in [3.8, 4) is 17.1 Å². The minimum Gasteiger partial charge on any atom is -0.484 e. The van der Waals surface area contributed by atoms with E-state index in [-0.39, 0.29) is 12.5 Å². The lowest BCUT2D eigenvalue weighted by Gasteiger charge is -2.12. The fourth-order valence-corrected chi connectivity index (χ4v) is 3.59. The molecule has 0 atom stereocenters. The monoisotopic (exact) mass is 410 g/mol. The third-order valence-electron chi connectivity index (χ3n) is 5.06. The summed E-state index contributed by atoms with van der Waals surface area (Å²) in [4.78, 5) is 12.4. The van der Waals surface area contributed by atoms with Gasteiger partial charge in [-0.1, -0.05) is 30.2 Å². The van der Waals surface area contributed by atoms with Gasteiger partial charge in [-0.15, -0.1) is 10.2 Å². The van der Waals surface area contributed by atoms with E-state index in [4.69, 9.17) is 16.3 Å². The van der Waals surface area contributed by atoms with Crippen molar-refractivity contribution in [3.63, 3.8) is 0 Å². The fraction of sp³-hybridized carbons (Fsp3) is 0.318. The summed E-state index contributed by atoms with van der Waals surface area (Å²) >= 11 is 5.86. The molecule has 4 rings (SSSR count). The summed E-state index contributed by atoms with van der Waals surface area (Å²) in [5, 5.41) is 12.3. The molecule has 6 nitrogen and oxygen atoms in total. The minimum absolute atomic E-state index is 0.0777. The molecule has 0 saturated heterocycles. The molecule has 0 spiro atoms. The number of ether oxygens (including phenoxy) is 1. The smallest absolute Gasteiger partial charge is 0.262 e. The molecule has 3 aromatic rings. The Morgan fingerprint density at radius 1 is 1.14 bits per heavy atom. The molecule has 1 N–H and O–H groups in total. The summed E-state index contributed by atoms with van der Waals surface area (Å²) in [5.41, 5.74) is 2.67. The van der Waals surface area contributed by atoms with Crippen molar-refractivity contribution in [1.82, 2.24) is 14.8 Å². The van der Waals surface area contributed by atoms with Gasteiger partial charge in [0.1, 0.15) is 11.6 Å². The van der Waals surface area contributed by atoms with Gasteiger partial charge in [-0.2, -0.15) is 0 Å². The topological polar surface area (TPSA) is 69.0 Å².